The van der Waals surface area contributed by atoms with E-state index in [9.17, 15) is 28.8 Å². The molecule has 6 rings (SSSR count). The van der Waals surface area contributed by atoms with Gasteiger partial charge < -0.3 is 50.3 Å². The van der Waals surface area contributed by atoms with Gasteiger partial charge in [0.2, 0.25) is 0 Å². The number of benzene rings is 3. The number of nitrogens with two attached hydrogens (primary N) is 1. The van der Waals surface area contributed by atoms with Gasteiger partial charge in [-0.05, 0) is 200 Å². The standard InChI is InChI=1S/C34H45ClN4O5.C20H26ClNO4.C10H22N2O2/c1-23-19-25(20-24(2)38(23)17-18-39-29-11-7-8-12-30(29)43-22-31(39)40)27-14-13-26(35)21-28(27)32(41)36-15-9-6-10-16-37-33(42)44-34(3,4)5;1-12-9-14(10-13(2)22(12)19(24)26-20(3,4)5)16-8-7-15(21)11-17(16)18(23)25-6;1-10(2,3)14-9(13)12-8-6-4-5-7-11/h7-8,11-14,19,21,23-24H,6,9-10,15-18,20,22H2,1-5H3,(H,36,41)(H,37,42);7-9,11-13H,10H2,1-6H3;4-8,11H2,1-3H3,(H,12,13). The number of fused-ring (bicyclic) bond motifs is 1. The molecule has 3 aromatic rings. The number of carbonyl (C=O) groups is 6. The lowest BCUT2D eigenvalue weighted by atomic mass is 9.89. The van der Waals surface area contributed by atoms with E-state index in [-0.39, 0.29) is 54.8 Å². The molecule has 4 atom stereocenters. The first kappa shape index (κ1) is 70.1. The quantitative estimate of drug-likeness (QED) is 0.0530. The van der Waals surface area contributed by atoms with Crippen LogP contribution in [0.4, 0.5) is 20.1 Å². The van der Waals surface area contributed by atoms with E-state index >= 15 is 0 Å². The number of para-hydroxylation sites is 2. The van der Waals surface area contributed by atoms with Gasteiger partial charge in [0.15, 0.2) is 6.61 Å². The molecule has 4 unspecified atom stereocenters. The number of rotatable bonds is 18. The van der Waals surface area contributed by atoms with Crippen LogP contribution in [0, 0.1) is 0 Å². The van der Waals surface area contributed by atoms with Crippen LogP contribution in [-0.4, -0.2) is 140 Å². The van der Waals surface area contributed by atoms with Gasteiger partial charge in [-0.3, -0.25) is 19.4 Å². The molecule has 5 amide bonds. The Hall–Kier alpha value is -6.34. The van der Waals surface area contributed by atoms with Crippen LogP contribution in [0.15, 0.2) is 72.8 Å². The highest BCUT2D eigenvalue weighted by molar-refractivity contribution is 6.31. The lowest BCUT2D eigenvalue weighted by Gasteiger charge is -2.40. The Morgan fingerprint density at radius 1 is 0.631 bits per heavy atom. The summed E-state index contributed by atoms with van der Waals surface area (Å²) in [6.07, 6.45) is 9.94. The van der Waals surface area contributed by atoms with E-state index in [4.69, 9.17) is 52.6 Å². The van der Waals surface area contributed by atoms with Crippen LogP contribution in [0.3, 0.4) is 0 Å². The van der Waals surface area contributed by atoms with Gasteiger partial charge in [-0.2, -0.15) is 0 Å². The fourth-order valence-electron chi connectivity index (χ4n) is 9.89. The highest BCUT2D eigenvalue weighted by atomic mass is 35.5. The van der Waals surface area contributed by atoms with Gasteiger partial charge in [0.25, 0.3) is 11.8 Å². The number of methoxy groups -OCH3 is 1. The lowest BCUT2D eigenvalue weighted by Crippen LogP contribution is -2.49. The number of nitrogens with one attached hydrogen (secondary N) is 3. The number of halogens is 2. The van der Waals surface area contributed by atoms with Crippen LogP contribution in [0.2, 0.25) is 10.0 Å². The van der Waals surface area contributed by atoms with E-state index in [0.29, 0.717) is 66.9 Å². The molecule has 3 aromatic carbocycles. The fourth-order valence-corrected chi connectivity index (χ4v) is 10.2. The SMILES string of the molecule is CC(C)(C)OC(=O)NCCCCCN.CC1C=C(c2ccc(Cl)cc2C(=O)NCCCCCNC(=O)OC(C)(C)C)CC(C)N1CCN1C(=O)COc2ccccc21.COC(=O)c1cc(Cl)ccc1C1=CC(C)N(C(=O)OC(C)(C)C)C(C)C1. The molecule has 20 heteroatoms. The summed E-state index contributed by atoms with van der Waals surface area (Å²) in [7, 11) is 1.34. The molecular formula is C64H93Cl2N7O11. The van der Waals surface area contributed by atoms with E-state index in [1.165, 1.54) is 7.11 Å². The molecule has 0 aliphatic carbocycles. The predicted molar refractivity (Wildman–Crippen MR) is 334 cm³/mol. The Labute approximate surface area is 508 Å². The minimum atomic E-state index is -0.547. The Balaban J connectivity index is 0.000000318. The summed E-state index contributed by atoms with van der Waals surface area (Å²) >= 11 is 12.4. The highest BCUT2D eigenvalue weighted by Gasteiger charge is 2.35. The number of hydrogen-bond donors (Lipinski definition) is 4. The number of amides is 5. The molecular weight excluding hydrogens is 1110 g/mol. The third-order valence-corrected chi connectivity index (χ3v) is 14.0. The zero-order chi connectivity index (χ0) is 62.5. The van der Waals surface area contributed by atoms with Crippen LogP contribution in [-0.2, 0) is 23.7 Å². The number of ether oxygens (including phenoxy) is 5. The number of unbranched alkanes of at least 4 members (excludes halogenated alkanes) is 4. The minimum absolute atomic E-state index is 0.0356. The Morgan fingerprint density at radius 2 is 1.13 bits per heavy atom. The summed E-state index contributed by atoms with van der Waals surface area (Å²) in [6, 6.07) is 18.4. The monoisotopic (exact) mass is 1210 g/mol. The van der Waals surface area contributed by atoms with Crippen molar-refractivity contribution >= 4 is 76.1 Å². The number of nitrogens with zero attached hydrogens (tertiary/aromatic N) is 3. The molecule has 0 spiro atoms. The molecule has 3 heterocycles. The summed E-state index contributed by atoms with van der Waals surface area (Å²) in [5.41, 5.74) is 9.44. The lowest BCUT2D eigenvalue weighted by molar-refractivity contribution is -0.121. The highest BCUT2D eigenvalue weighted by Crippen LogP contribution is 2.36. The molecule has 464 valence electrons. The van der Waals surface area contributed by atoms with Gasteiger partial charge in [0, 0.05) is 66.5 Å². The summed E-state index contributed by atoms with van der Waals surface area (Å²) in [5, 5.41) is 9.49. The molecule has 0 radical (unpaired) electrons. The summed E-state index contributed by atoms with van der Waals surface area (Å²) in [4.78, 5) is 79.4. The van der Waals surface area contributed by atoms with E-state index in [1.54, 1.807) is 23.1 Å². The minimum Gasteiger partial charge on any atom is -0.482 e. The molecule has 3 aliphatic rings. The molecule has 0 saturated heterocycles. The van der Waals surface area contributed by atoms with Crippen molar-refractivity contribution in [2.24, 2.45) is 5.73 Å². The first-order valence-corrected chi connectivity index (χ1v) is 30.0. The van der Waals surface area contributed by atoms with Crippen molar-refractivity contribution in [3.63, 3.8) is 0 Å². The molecule has 18 nitrogen and oxygen atoms in total. The summed E-state index contributed by atoms with van der Waals surface area (Å²) < 4.78 is 26.3. The number of hydrogen-bond acceptors (Lipinski definition) is 13. The molecule has 84 heavy (non-hydrogen) atoms. The average molecular weight is 1210 g/mol. The van der Waals surface area contributed by atoms with Crippen molar-refractivity contribution in [3.8, 4) is 5.75 Å². The molecule has 5 N–H and O–H groups in total. The third kappa shape index (κ3) is 23.3. The van der Waals surface area contributed by atoms with Crippen LogP contribution < -0.4 is 31.3 Å². The Bertz CT molecular complexity index is 2770. The number of esters is 1. The number of anilines is 1. The molecule has 0 bridgehead atoms. The maximum Gasteiger partial charge on any atom is 0.411 e. The van der Waals surface area contributed by atoms with Gasteiger partial charge in [0.05, 0.1) is 24.4 Å². The van der Waals surface area contributed by atoms with Gasteiger partial charge in [-0.1, -0.05) is 66.0 Å². The fraction of sp³-hybridized carbons (Fsp3) is 0.562. The number of alkyl carbamates (subject to hydrolysis) is 2. The van der Waals surface area contributed by atoms with Crippen LogP contribution >= 0.6 is 23.2 Å². The van der Waals surface area contributed by atoms with E-state index < -0.39 is 28.9 Å². The van der Waals surface area contributed by atoms with E-state index in [0.717, 1.165) is 78.7 Å². The zero-order valence-electron chi connectivity index (χ0n) is 52.0. The Morgan fingerprint density at radius 3 is 1.65 bits per heavy atom. The van der Waals surface area contributed by atoms with Gasteiger partial charge in [-0.25, -0.2) is 19.2 Å². The average Bonchev–Trinajstić information content (AvgIpc) is 3.35. The molecule has 0 fully saturated rings. The zero-order valence-corrected chi connectivity index (χ0v) is 53.5. The van der Waals surface area contributed by atoms with Crippen LogP contribution in [0.1, 0.15) is 173 Å². The molecule has 0 aromatic heterocycles. The summed E-state index contributed by atoms with van der Waals surface area (Å²) in [6.45, 7) is 28.6. The second-order valence-corrected chi connectivity index (χ2v) is 25.2. The predicted octanol–water partition coefficient (Wildman–Crippen LogP) is 12.6. The van der Waals surface area contributed by atoms with E-state index in [1.807, 2.05) is 130 Å². The number of carbonyl (C=O) groups excluding carboxylic acids is 6. The van der Waals surface area contributed by atoms with Crippen molar-refractivity contribution < 1.29 is 52.5 Å². The topological polar surface area (TPSA) is 220 Å². The largest absolute Gasteiger partial charge is 0.482 e. The molecule has 3 aliphatic heterocycles. The first-order valence-electron chi connectivity index (χ1n) is 29.2. The van der Waals surface area contributed by atoms with Crippen molar-refractivity contribution in [1.29, 1.82) is 0 Å². The van der Waals surface area contributed by atoms with Crippen LogP contribution in [0.5, 0.6) is 5.75 Å². The van der Waals surface area contributed by atoms with Crippen molar-refractivity contribution in [2.75, 3.05) is 57.9 Å². The molecule has 0 saturated carbocycles. The van der Waals surface area contributed by atoms with Gasteiger partial charge in [-0.15, -0.1) is 0 Å². The van der Waals surface area contributed by atoms with E-state index in [2.05, 4.69) is 40.8 Å². The van der Waals surface area contributed by atoms with Crippen molar-refractivity contribution in [2.45, 2.75) is 182 Å². The summed E-state index contributed by atoms with van der Waals surface area (Å²) in [5.74, 6) is 0.116. The van der Waals surface area contributed by atoms with Gasteiger partial charge in [0.1, 0.15) is 22.6 Å². The first-order chi connectivity index (χ1) is 39.4. The normalized spacial score (nSPS) is 17.9. The second kappa shape index (κ2) is 32.8. The maximum atomic E-state index is 13.3. The van der Waals surface area contributed by atoms with Crippen molar-refractivity contribution in [1.82, 2.24) is 25.8 Å². The second-order valence-electron chi connectivity index (χ2n) is 24.3. The van der Waals surface area contributed by atoms with Crippen LogP contribution in [0.25, 0.3) is 11.1 Å². The van der Waals surface area contributed by atoms with Gasteiger partial charge >= 0.3 is 24.2 Å². The maximum absolute atomic E-state index is 13.3. The smallest absolute Gasteiger partial charge is 0.411 e. The Kier molecular flexibility index (Phi) is 27.4. The third-order valence-electron chi connectivity index (χ3n) is 13.6. The van der Waals surface area contributed by atoms with Crippen molar-refractivity contribution in [3.05, 3.63) is 105 Å².